The van der Waals surface area contributed by atoms with Crippen LogP contribution in [0.25, 0.3) is 0 Å². The molecule has 2 rings (SSSR count). The number of rotatable bonds is 8. The van der Waals surface area contributed by atoms with E-state index in [0.29, 0.717) is 18.7 Å². The second-order valence-corrected chi connectivity index (χ2v) is 5.88. The molecule has 0 bridgehead atoms. The molecular formula is C17H20BrN3O3. The summed E-state index contributed by atoms with van der Waals surface area (Å²) in [6.07, 6.45) is 0.784. The smallest absolute Gasteiger partial charge is 0.267 e. The molecule has 1 amide bonds. The molecule has 6 nitrogen and oxygen atoms in total. The number of halogens is 1. The monoisotopic (exact) mass is 393 g/mol. The quantitative estimate of drug-likeness (QED) is 0.278. The molecule has 0 unspecified atom stereocenters. The highest BCUT2D eigenvalue weighted by molar-refractivity contribution is 9.10. The van der Waals surface area contributed by atoms with E-state index in [1.807, 2.05) is 36.4 Å². The Kier molecular flexibility index (Phi) is 6.89. The molecular weight excluding hydrogens is 374 g/mol. The van der Waals surface area contributed by atoms with Crippen LogP contribution in [0, 0.1) is 0 Å². The van der Waals surface area contributed by atoms with E-state index >= 15 is 0 Å². The van der Waals surface area contributed by atoms with Gasteiger partial charge in [0.05, 0.1) is 19.3 Å². The molecule has 0 saturated carbocycles. The van der Waals surface area contributed by atoms with Gasteiger partial charge >= 0.3 is 0 Å². The lowest BCUT2D eigenvalue weighted by atomic mass is 10.1. The number of hydrogen-bond acceptors (Lipinski definition) is 5. The summed E-state index contributed by atoms with van der Waals surface area (Å²) in [6, 6.07) is 12.9. The number of hydrogen-bond donors (Lipinski definition) is 3. The third-order valence-electron chi connectivity index (χ3n) is 3.32. The summed E-state index contributed by atoms with van der Waals surface area (Å²) < 4.78 is 11.6. The lowest BCUT2D eigenvalue weighted by Gasteiger charge is -2.12. The number of carbonyl (C=O) groups excluding carboxylic acids is 1. The molecule has 2 aromatic carbocycles. The summed E-state index contributed by atoms with van der Waals surface area (Å²) in [7, 11) is 1.63. The highest BCUT2D eigenvalue weighted by Crippen LogP contribution is 2.21. The molecule has 0 saturated heterocycles. The molecule has 0 aliphatic rings. The van der Waals surface area contributed by atoms with Crippen molar-refractivity contribution in [3.63, 3.8) is 0 Å². The molecule has 0 spiro atoms. The summed E-state index contributed by atoms with van der Waals surface area (Å²) in [5.74, 6) is 6.46. The van der Waals surface area contributed by atoms with E-state index in [0.717, 1.165) is 28.1 Å². The molecule has 0 aliphatic carbocycles. The van der Waals surface area contributed by atoms with Crippen molar-refractivity contribution in [1.29, 1.82) is 0 Å². The minimum atomic E-state index is -0.340. The predicted molar refractivity (Wildman–Crippen MR) is 97.4 cm³/mol. The minimum absolute atomic E-state index is 0.340. The zero-order chi connectivity index (χ0) is 17.4. The SMILES string of the molecule is COc1ccc(OCCCNc2ccc(Br)cc2C(=O)NN)cc1. The maximum atomic E-state index is 11.8. The Morgan fingerprint density at radius 2 is 1.88 bits per heavy atom. The molecule has 24 heavy (non-hydrogen) atoms. The Morgan fingerprint density at radius 1 is 1.17 bits per heavy atom. The number of benzene rings is 2. The number of nitrogens with one attached hydrogen (secondary N) is 2. The summed E-state index contributed by atoms with van der Waals surface area (Å²) >= 11 is 3.35. The number of anilines is 1. The van der Waals surface area contributed by atoms with Gasteiger partial charge in [-0.1, -0.05) is 15.9 Å². The Morgan fingerprint density at radius 3 is 2.54 bits per heavy atom. The van der Waals surface area contributed by atoms with Gasteiger partial charge in [0.2, 0.25) is 0 Å². The second kappa shape index (κ2) is 9.14. The van der Waals surface area contributed by atoms with Crippen LogP contribution in [0.15, 0.2) is 46.9 Å². The largest absolute Gasteiger partial charge is 0.497 e. The van der Waals surface area contributed by atoms with E-state index in [1.54, 1.807) is 13.2 Å². The molecule has 0 aromatic heterocycles. The Balaban J connectivity index is 1.80. The van der Waals surface area contributed by atoms with E-state index in [-0.39, 0.29) is 5.91 Å². The minimum Gasteiger partial charge on any atom is -0.497 e. The van der Waals surface area contributed by atoms with Crippen LogP contribution in [0.1, 0.15) is 16.8 Å². The van der Waals surface area contributed by atoms with Gasteiger partial charge in [-0.3, -0.25) is 10.2 Å². The zero-order valence-electron chi connectivity index (χ0n) is 13.3. The van der Waals surface area contributed by atoms with Gasteiger partial charge < -0.3 is 14.8 Å². The molecule has 0 aliphatic heterocycles. The fourth-order valence-electron chi connectivity index (χ4n) is 2.09. The predicted octanol–water partition coefficient (Wildman–Crippen LogP) is 2.94. The number of carbonyl (C=O) groups is 1. The van der Waals surface area contributed by atoms with Crippen LogP contribution in [-0.2, 0) is 0 Å². The number of nitrogens with two attached hydrogens (primary N) is 1. The van der Waals surface area contributed by atoms with Crippen LogP contribution in [0.4, 0.5) is 5.69 Å². The number of nitrogen functional groups attached to an aromatic ring is 1. The van der Waals surface area contributed by atoms with Gasteiger partial charge in [0.25, 0.3) is 5.91 Å². The van der Waals surface area contributed by atoms with Crippen molar-refractivity contribution in [2.75, 3.05) is 25.6 Å². The molecule has 0 atom stereocenters. The topological polar surface area (TPSA) is 85.6 Å². The van der Waals surface area contributed by atoms with Crippen LogP contribution in [0.5, 0.6) is 11.5 Å². The van der Waals surface area contributed by atoms with Crippen molar-refractivity contribution in [3.05, 3.63) is 52.5 Å². The molecule has 0 fully saturated rings. The highest BCUT2D eigenvalue weighted by atomic mass is 79.9. The van der Waals surface area contributed by atoms with Gasteiger partial charge in [-0.05, 0) is 48.9 Å². The first-order valence-corrected chi connectivity index (χ1v) is 8.24. The number of ether oxygens (including phenoxy) is 2. The number of amides is 1. The fraction of sp³-hybridized carbons (Fsp3) is 0.235. The molecule has 4 N–H and O–H groups in total. The fourth-order valence-corrected chi connectivity index (χ4v) is 2.45. The molecule has 7 heteroatoms. The molecule has 0 heterocycles. The zero-order valence-corrected chi connectivity index (χ0v) is 14.9. The van der Waals surface area contributed by atoms with E-state index in [2.05, 4.69) is 26.7 Å². The maximum absolute atomic E-state index is 11.8. The van der Waals surface area contributed by atoms with E-state index in [1.165, 1.54) is 0 Å². The summed E-state index contributed by atoms with van der Waals surface area (Å²) in [4.78, 5) is 11.8. The van der Waals surface area contributed by atoms with Gasteiger partial charge in [-0.15, -0.1) is 0 Å². The summed E-state index contributed by atoms with van der Waals surface area (Å²) in [5.41, 5.74) is 3.36. The lowest BCUT2D eigenvalue weighted by molar-refractivity contribution is 0.0954. The van der Waals surface area contributed by atoms with Crippen molar-refractivity contribution in [2.45, 2.75) is 6.42 Å². The standard InChI is InChI=1S/C17H20BrN3O3/c1-23-13-4-6-14(7-5-13)24-10-2-9-20-16-8-3-12(18)11-15(16)17(22)21-19/h3-8,11,20H,2,9-10,19H2,1H3,(H,21,22). The second-order valence-electron chi connectivity index (χ2n) is 4.97. The van der Waals surface area contributed by atoms with Gasteiger partial charge in [-0.2, -0.15) is 0 Å². The Hall–Kier alpha value is -2.25. The third kappa shape index (κ3) is 5.14. The van der Waals surface area contributed by atoms with Gasteiger partial charge in [-0.25, -0.2) is 5.84 Å². The van der Waals surface area contributed by atoms with Crippen LogP contribution < -0.4 is 26.1 Å². The maximum Gasteiger partial charge on any atom is 0.267 e. The van der Waals surface area contributed by atoms with Crippen LogP contribution in [0.2, 0.25) is 0 Å². The number of hydrazine groups is 1. The molecule has 0 radical (unpaired) electrons. The normalized spacial score (nSPS) is 10.1. The third-order valence-corrected chi connectivity index (χ3v) is 3.82. The first-order valence-electron chi connectivity index (χ1n) is 7.45. The van der Waals surface area contributed by atoms with E-state index in [4.69, 9.17) is 15.3 Å². The Labute approximate surface area is 149 Å². The van der Waals surface area contributed by atoms with Gasteiger partial charge in [0.1, 0.15) is 11.5 Å². The average molecular weight is 394 g/mol. The lowest BCUT2D eigenvalue weighted by Crippen LogP contribution is -2.30. The Bertz CT molecular complexity index is 677. The highest BCUT2D eigenvalue weighted by Gasteiger charge is 2.10. The number of methoxy groups -OCH3 is 1. The van der Waals surface area contributed by atoms with Crippen molar-refractivity contribution < 1.29 is 14.3 Å². The molecule has 128 valence electrons. The first kappa shape index (κ1) is 18.1. The first-order chi connectivity index (χ1) is 11.6. The van der Waals surface area contributed by atoms with Crippen LogP contribution >= 0.6 is 15.9 Å². The van der Waals surface area contributed by atoms with Crippen molar-refractivity contribution in [1.82, 2.24) is 5.43 Å². The van der Waals surface area contributed by atoms with E-state index < -0.39 is 0 Å². The van der Waals surface area contributed by atoms with Crippen LogP contribution in [0.3, 0.4) is 0 Å². The van der Waals surface area contributed by atoms with Crippen molar-refractivity contribution >= 4 is 27.5 Å². The van der Waals surface area contributed by atoms with Gasteiger partial charge in [0.15, 0.2) is 0 Å². The molecule has 2 aromatic rings. The van der Waals surface area contributed by atoms with Crippen molar-refractivity contribution in [3.8, 4) is 11.5 Å². The van der Waals surface area contributed by atoms with Crippen molar-refractivity contribution in [2.24, 2.45) is 5.84 Å². The average Bonchev–Trinajstić information content (AvgIpc) is 2.62. The summed E-state index contributed by atoms with van der Waals surface area (Å²) in [5, 5.41) is 3.22. The summed E-state index contributed by atoms with van der Waals surface area (Å²) in [6.45, 7) is 1.23. The van der Waals surface area contributed by atoms with Crippen LogP contribution in [-0.4, -0.2) is 26.2 Å². The van der Waals surface area contributed by atoms with E-state index in [9.17, 15) is 4.79 Å². The van der Waals surface area contributed by atoms with Gasteiger partial charge in [0, 0.05) is 16.7 Å².